The minimum atomic E-state index is -0.691. The van der Waals surface area contributed by atoms with Gasteiger partial charge < -0.3 is 9.84 Å². The molecule has 0 bridgehead atoms. The van der Waals surface area contributed by atoms with E-state index in [1.807, 2.05) is 63.4 Å². The predicted octanol–water partition coefficient (Wildman–Crippen LogP) is 5.70. The predicted molar refractivity (Wildman–Crippen MR) is 127 cm³/mol. The van der Waals surface area contributed by atoms with Gasteiger partial charge >= 0.3 is 0 Å². The fourth-order valence-electron chi connectivity index (χ4n) is 4.14. The molecule has 164 valence electrons. The quantitative estimate of drug-likeness (QED) is 0.310. The zero-order valence-electron chi connectivity index (χ0n) is 18.5. The summed E-state index contributed by atoms with van der Waals surface area (Å²) in [5.74, 6) is -0.790. The van der Waals surface area contributed by atoms with E-state index in [0.717, 1.165) is 27.3 Å². The van der Waals surface area contributed by atoms with E-state index >= 15 is 0 Å². The third-order valence-corrected chi connectivity index (χ3v) is 6.54. The number of ether oxygens (including phenoxy) is 1. The SMILES string of the molecule is CCOc1ccc(/C(O)=C2/C(=O)C(=O)N(c3ccc(C)cc3C)C2c2cccs2)cc1C. The van der Waals surface area contributed by atoms with Crippen LogP contribution in [0.25, 0.3) is 5.76 Å². The number of aliphatic hydroxyl groups excluding tert-OH is 1. The molecule has 0 spiro atoms. The Morgan fingerprint density at radius 2 is 1.84 bits per heavy atom. The second kappa shape index (κ2) is 8.63. The van der Waals surface area contributed by atoms with Crippen molar-refractivity contribution >= 4 is 34.5 Å². The molecule has 4 rings (SSSR count). The number of anilines is 1. The second-order valence-electron chi connectivity index (χ2n) is 7.89. The second-order valence-corrected chi connectivity index (χ2v) is 8.87. The monoisotopic (exact) mass is 447 g/mol. The van der Waals surface area contributed by atoms with Gasteiger partial charge in [0.05, 0.1) is 12.2 Å². The van der Waals surface area contributed by atoms with Gasteiger partial charge in [0, 0.05) is 16.1 Å². The van der Waals surface area contributed by atoms with E-state index in [9.17, 15) is 14.7 Å². The van der Waals surface area contributed by atoms with Crippen LogP contribution in [0.5, 0.6) is 5.75 Å². The number of Topliss-reactive ketones (excluding diaryl/α,β-unsaturated/α-hetero) is 1. The van der Waals surface area contributed by atoms with Crippen molar-refractivity contribution in [3.63, 3.8) is 0 Å². The maximum Gasteiger partial charge on any atom is 0.300 e. The Morgan fingerprint density at radius 1 is 1.06 bits per heavy atom. The van der Waals surface area contributed by atoms with Gasteiger partial charge in [0.15, 0.2) is 0 Å². The van der Waals surface area contributed by atoms with Crippen LogP contribution in [0.2, 0.25) is 0 Å². The lowest BCUT2D eigenvalue weighted by atomic mass is 9.98. The van der Waals surface area contributed by atoms with Crippen LogP contribution in [0.4, 0.5) is 5.69 Å². The van der Waals surface area contributed by atoms with Crippen LogP contribution < -0.4 is 9.64 Å². The molecule has 1 aliphatic heterocycles. The first-order valence-electron chi connectivity index (χ1n) is 10.5. The zero-order chi connectivity index (χ0) is 23.0. The van der Waals surface area contributed by atoms with Gasteiger partial charge in [-0.15, -0.1) is 11.3 Å². The number of aryl methyl sites for hydroxylation is 3. The summed E-state index contributed by atoms with van der Waals surface area (Å²) in [4.78, 5) is 28.8. The summed E-state index contributed by atoms with van der Waals surface area (Å²) in [5.41, 5.74) is 4.04. The van der Waals surface area contributed by atoms with Gasteiger partial charge in [-0.1, -0.05) is 23.8 Å². The number of carbonyl (C=O) groups excluding carboxylic acids is 2. The molecule has 2 aromatic carbocycles. The molecule has 2 heterocycles. The number of hydrogen-bond donors (Lipinski definition) is 1. The molecule has 1 unspecified atom stereocenters. The van der Waals surface area contributed by atoms with Crippen molar-refractivity contribution in [2.75, 3.05) is 11.5 Å². The third kappa shape index (κ3) is 3.71. The number of hydrogen-bond acceptors (Lipinski definition) is 5. The van der Waals surface area contributed by atoms with E-state index in [-0.39, 0.29) is 11.3 Å². The summed E-state index contributed by atoms with van der Waals surface area (Å²) in [6.07, 6.45) is 0. The Labute approximate surface area is 191 Å². The summed E-state index contributed by atoms with van der Waals surface area (Å²) >= 11 is 1.45. The van der Waals surface area contributed by atoms with Gasteiger partial charge in [-0.05, 0) is 74.5 Å². The fraction of sp³-hybridized carbons (Fsp3) is 0.231. The number of carbonyl (C=O) groups is 2. The first kappa shape index (κ1) is 21.8. The molecule has 1 atom stereocenters. The van der Waals surface area contributed by atoms with E-state index in [2.05, 4.69) is 0 Å². The number of aliphatic hydroxyl groups is 1. The number of rotatable bonds is 5. The average molecular weight is 448 g/mol. The van der Waals surface area contributed by atoms with Crippen LogP contribution in [0, 0.1) is 20.8 Å². The summed E-state index contributed by atoms with van der Waals surface area (Å²) in [5, 5.41) is 13.1. The molecule has 0 aliphatic carbocycles. The van der Waals surface area contributed by atoms with Gasteiger partial charge in [0.25, 0.3) is 11.7 Å². The minimum Gasteiger partial charge on any atom is -0.507 e. The number of thiophene rings is 1. The number of nitrogens with zero attached hydrogens (tertiary/aromatic N) is 1. The Kier molecular flexibility index (Phi) is 5.89. The molecular formula is C26H25NO4S. The molecule has 32 heavy (non-hydrogen) atoms. The van der Waals surface area contributed by atoms with Crippen molar-refractivity contribution in [1.29, 1.82) is 0 Å². The number of ketones is 1. The molecule has 1 saturated heterocycles. The maximum atomic E-state index is 13.2. The molecular weight excluding hydrogens is 422 g/mol. The Morgan fingerprint density at radius 3 is 2.47 bits per heavy atom. The average Bonchev–Trinajstić information content (AvgIpc) is 3.37. The van der Waals surface area contributed by atoms with Crippen molar-refractivity contribution in [2.24, 2.45) is 0 Å². The standard InChI is InChI=1S/C26H25NO4S/c1-5-31-20-11-9-18(14-17(20)4)24(28)22-23(21-7-6-12-32-21)27(26(30)25(22)29)19-10-8-15(2)13-16(19)3/h6-14,23,28H,5H2,1-4H3/b24-22-. The van der Waals surface area contributed by atoms with Crippen molar-refractivity contribution in [1.82, 2.24) is 0 Å². The van der Waals surface area contributed by atoms with Crippen molar-refractivity contribution in [2.45, 2.75) is 33.7 Å². The topological polar surface area (TPSA) is 66.8 Å². The fourth-order valence-corrected chi connectivity index (χ4v) is 4.97. The molecule has 1 N–H and O–H groups in total. The largest absolute Gasteiger partial charge is 0.507 e. The lowest BCUT2D eigenvalue weighted by molar-refractivity contribution is -0.132. The molecule has 1 amide bonds. The molecule has 1 fully saturated rings. The summed E-state index contributed by atoms with van der Waals surface area (Å²) < 4.78 is 5.59. The highest BCUT2D eigenvalue weighted by atomic mass is 32.1. The Balaban J connectivity index is 1.90. The van der Waals surface area contributed by atoms with Gasteiger partial charge in [0.1, 0.15) is 17.6 Å². The van der Waals surface area contributed by atoms with Crippen molar-refractivity contribution in [3.8, 4) is 5.75 Å². The van der Waals surface area contributed by atoms with Crippen LogP contribution in [0.1, 0.15) is 40.1 Å². The highest BCUT2D eigenvalue weighted by molar-refractivity contribution is 7.10. The maximum absolute atomic E-state index is 13.2. The first-order valence-corrected chi connectivity index (χ1v) is 11.4. The van der Waals surface area contributed by atoms with Gasteiger partial charge in [-0.25, -0.2) is 0 Å². The van der Waals surface area contributed by atoms with E-state index in [1.165, 1.54) is 16.2 Å². The molecule has 6 heteroatoms. The summed E-state index contributed by atoms with van der Waals surface area (Å²) in [6, 6.07) is 14.1. The smallest absolute Gasteiger partial charge is 0.300 e. The van der Waals surface area contributed by atoms with Crippen molar-refractivity contribution in [3.05, 3.63) is 86.6 Å². The van der Waals surface area contributed by atoms with Crippen LogP contribution in [0.3, 0.4) is 0 Å². The molecule has 5 nitrogen and oxygen atoms in total. The van der Waals surface area contributed by atoms with Crippen molar-refractivity contribution < 1.29 is 19.4 Å². The number of amides is 1. The van der Waals surface area contributed by atoms with Crippen LogP contribution in [-0.4, -0.2) is 23.4 Å². The van der Waals surface area contributed by atoms with E-state index < -0.39 is 17.7 Å². The van der Waals surface area contributed by atoms with Crippen LogP contribution >= 0.6 is 11.3 Å². The van der Waals surface area contributed by atoms with Gasteiger partial charge in [-0.3, -0.25) is 14.5 Å². The number of benzene rings is 2. The summed E-state index contributed by atoms with van der Waals surface area (Å²) in [6.45, 7) is 8.22. The van der Waals surface area contributed by atoms with E-state index in [0.29, 0.717) is 17.9 Å². The lowest BCUT2D eigenvalue weighted by Gasteiger charge is -2.26. The van der Waals surface area contributed by atoms with E-state index in [4.69, 9.17) is 4.74 Å². The minimum absolute atomic E-state index is 0.0981. The molecule has 0 saturated carbocycles. The molecule has 3 aromatic rings. The van der Waals surface area contributed by atoms with Crippen LogP contribution in [-0.2, 0) is 9.59 Å². The van der Waals surface area contributed by atoms with Gasteiger partial charge in [0.2, 0.25) is 0 Å². The van der Waals surface area contributed by atoms with Gasteiger partial charge in [-0.2, -0.15) is 0 Å². The Bertz CT molecular complexity index is 1230. The molecule has 1 aliphatic rings. The zero-order valence-corrected chi connectivity index (χ0v) is 19.3. The molecule has 0 radical (unpaired) electrons. The van der Waals surface area contributed by atoms with E-state index in [1.54, 1.807) is 18.2 Å². The molecule has 1 aromatic heterocycles. The normalized spacial score (nSPS) is 17.8. The lowest BCUT2D eigenvalue weighted by Crippen LogP contribution is -2.29. The highest BCUT2D eigenvalue weighted by Gasteiger charge is 2.47. The highest BCUT2D eigenvalue weighted by Crippen LogP contribution is 2.44. The Hall–Kier alpha value is -3.38. The third-order valence-electron chi connectivity index (χ3n) is 5.62. The summed E-state index contributed by atoms with van der Waals surface area (Å²) in [7, 11) is 0. The first-order chi connectivity index (χ1) is 15.3. The van der Waals surface area contributed by atoms with Crippen LogP contribution in [0.15, 0.2) is 59.5 Å².